The van der Waals surface area contributed by atoms with Gasteiger partial charge in [-0.05, 0) is 79.8 Å². The Bertz CT molecular complexity index is 1840. The summed E-state index contributed by atoms with van der Waals surface area (Å²) in [5.74, 6) is 0. The van der Waals surface area contributed by atoms with Crippen LogP contribution in [0.2, 0.25) is 5.02 Å². The van der Waals surface area contributed by atoms with E-state index < -0.39 is 0 Å². The number of hydrogen-bond acceptors (Lipinski definition) is 1. The molecule has 1 nitrogen and oxygen atoms in total. The van der Waals surface area contributed by atoms with Crippen molar-refractivity contribution in [3.05, 3.63) is 108 Å². The minimum atomic E-state index is 0.760. The van der Waals surface area contributed by atoms with Gasteiger partial charge in [0.05, 0.1) is 0 Å². The van der Waals surface area contributed by atoms with Crippen LogP contribution in [-0.4, -0.2) is 0 Å². The van der Waals surface area contributed by atoms with Crippen molar-refractivity contribution in [2.24, 2.45) is 0 Å². The van der Waals surface area contributed by atoms with Crippen LogP contribution < -0.4 is 0 Å². The zero-order chi connectivity index (χ0) is 21.2. The molecule has 6 aromatic carbocycles. The molecular formula is C30H17ClO. The fourth-order valence-electron chi connectivity index (χ4n) is 5.01. The summed E-state index contributed by atoms with van der Waals surface area (Å²) >= 11 is 6.38. The summed E-state index contributed by atoms with van der Waals surface area (Å²) in [5.41, 5.74) is 4.21. The van der Waals surface area contributed by atoms with Crippen LogP contribution in [-0.2, 0) is 0 Å². The van der Waals surface area contributed by atoms with Gasteiger partial charge in [0.15, 0.2) is 0 Å². The monoisotopic (exact) mass is 428 g/mol. The molecule has 0 spiro atoms. The normalized spacial score (nSPS) is 11.9. The molecule has 0 saturated carbocycles. The molecule has 1 aromatic heterocycles. The third-order valence-electron chi connectivity index (χ3n) is 6.51. The van der Waals surface area contributed by atoms with Crippen LogP contribution in [0.25, 0.3) is 65.4 Å². The number of benzene rings is 6. The lowest BCUT2D eigenvalue weighted by molar-refractivity contribution is 0.669. The highest BCUT2D eigenvalue weighted by molar-refractivity contribution is 6.33. The van der Waals surface area contributed by atoms with Crippen molar-refractivity contribution in [3.8, 4) is 11.1 Å². The van der Waals surface area contributed by atoms with Gasteiger partial charge in [0, 0.05) is 15.8 Å². The first kappa shape index (κ1) is 17.8. The molecule has 0 unspecified atom stereocenters. The summed E-state index contributed by atoms with van der Waals surface area (Å²) < 4.78 is 6.02. The van der Waals surface area contributed by atoms with Crippen LogP contribution in [0.15, 0.2) is 108 Å². The molecule has 0 aliphatic carbocycles. The highest BCUT2D eigenvalue weighted by atomic mass is 35.5. The molecule has 0 bridgehead atoms. The maximum Gasteiger partial charge on any atom is 0.135 e. The third-order valence-corrected chi connectivity index (χ3v) is 6.74. The standard InChI is InChI=1S/C30H17ClO/c31-20-11-13-24-26-15-18(9-12-23(26)21-5-1-2-6-22(21)27(24)17-20)19-10-14-30-28(16-19)25-7-3-4-8-29(25)32-30/h1-17H. The fraction of sp³-hybridized carbons (Fsp3) is 0. The van der Waals surface area contributed by atoms with Crippen molar-refractivity contribution >= 4 is 65.9 Å². The van der Waals surface area contributed by atoms with E-state index in [1.165, 1.54) is 43.4 Å². The van der Waals surface area contributed by atoms with Gasteiger partial charge in [-0.15, -0.1) is 0 Å². The van der Waals surface area contributed by atoms with E-state index in [1.54, 1.807) is 0 Å². The molecule has 150 valence electrons. The van der Waals surface area contributed by atoms with Crippen molar-refractivity contribution in [1.29, 1.82) is 0 Å². The lowest BCUT2D eigenvalue weighted by Crippen LogP contribution is -1.85. The molecule has 0 amide bonds. The summed E-state index contributed by atoms with van der Waals surface area (Å²) in [6, 6.07) is 36.2. The van der Waals surface area contributed by atoms with Gasteiger partial charge in [0.25, 0.3) is 0 Å². The molecule has 2 heteroatoms. The Morgan fingerprint density at radius 3 is 1.78 bits per heavy atom. The second-order valence-corrected chi connectivity index (χ2v) is 8.74. The third kappa shape index (κ3) is 2.52. The predicted octanol–water partition coefficient (Wildman–Crippen LogP) is 9.37. The van der Waals surface area contributed by atoms with Gasteiger partial charge in [-0.25, -0.2) is 0 Å². The molecule has 0 fully saturated rings. The van der Waals surface area contributed by atoms with Crippen molar-refractivity contribution in [3.63, 3.8) is 0 Å². The molecule has 0 N–H and O–H groups in total. The van der Waals surface area contributed by atoms with Crippen LogP contribution in [0.4, 0.5) is 0 Å². The Hall–Kier alpha value is -3.81. The SMILES string of the molecule is Clc1ccc2c(c1)c1ccccc1c1ccc(-c3ccc4oc5ccccc5c4c3)cc12. The topological polar surface area (TPSA) is 13.1 Å². The lowest BCUT2D eigenvalue weighted by atomic mass is 9.92. The van der Waals surface area contributed by atoms with E-state index >= 15 is 0 Å². The number of rotatable bonds is 1. The van der Waals surface area contributed by atoms with E-state index in [9.17, 15) is 0 Å². The van der Waals surface area contributed by atoms with Crippen LogP contribution >= 0.6 is 11.6 Å². The Kier molecular flexibility index (Phi) is 3.67. The highest BCUT2D eigenvalue weighted by Crippen LogP contribution is 2.39. The summed E-state index contributed by atoms with van der Waals surface area (Å²) in [5, 5.41) is 10.4. The smallest absolute Gasteiger partial charge is 0.135 e. The van der Waals surface area contributed by atoms with Gasteiger partial charge in [-0.2, -0.15) is 0 Å². The minimum absolute atomic E-state index is 0.760. The van der Waals surface area contributed by atoms with E-state index in [1.807, 2.05) is 18.2 Å². The Balaban J connectivity index is 1.54. The first-order chi connectivity index (χ1) is 15.8. The van der Waals surface area contributed by atoms with Gasteiger partial charge in [0.2, 0.25) is 0 Å². The Morgan fingerprint density at radius 2 is 0.938 bits per heavy atom. The lowest BCUT2D eigenvalue weighted by Gasteiger charge is -2.12. The maximum atomic E-state index is 6.38. The maximum absolute atomic E-state index is 6.38. The molecule has 0 aliphatic rings. The van der Waals surface area contributed by atoms with Gasteiger partial charge in [-0.3, -0.25) is 0 Å². The Morgan fingerprint density at radius 1 is 0.406 bits per heavy atom. The second kappa shape index (κ2) is 6.59. The van der Waals surface area contributed by atoms with Crippen LogP contribution in [0.3, 0.4) is 0 Å². The molecule has 1 heterocycles. The van der Waals surface area contributed by atoms with Gasteiger partial charge >= 0.3 is 0 Å². The number of para-hydroxylation sites is 1. The first-order valence-corrected chi connectivity index (χ1v) is 11.1. The zero-order valence-electron chi connectivity index (χ0n) is 17.1. The van der Waals surface area contributed by atoms with Crippen LogP contribution in [0.5, 0.6) is 0 Å². The number of halogens is 1. The van der Waals surface area contributed by atoms with E-state index in [0.29, 0.717) is 0 Å². The summed E-state index contributed by atoms with van der Waals surface area (Å²) in [4.78, 5) is 0. The van der Waals surface area contributed by atoms with Crippen LogP contribution in [0.1, 0.15) is 0 Å². The van der Waals surface area contributed by atoms with Gasteiger partial charge < -0.3 is 4.42 Å². The number of hydrogen-bond donors (Lipinski definition) is 0. The molecule has 0 radical (unpaired) electrons. The van der Waals surface area contributed by atoms with Crippen molar-refractivity contribution in [2.45, 2.75) is 0 Å². The van der Waals surface area contributed by atoms with Gasteiger partial charge in [-0.1, -0.05) is 78.3 Å². The van der Waals surface area contributed by atoms with E-state index in [4.69, 9.17) is 16.0 Å². The Labute approximate surface area is 189 Å². The van der Waals surface area contributed by atoms with Crippen molar-refractivity contribution < 1.29 is 4.42 Å². The molecule has 0 saturated heterocycles. The molecule has 7 rings (SSSR count). The van der Waals surface area contributed by atoms with Crippen molar-refractivity contribution in [2.75, 3.05) is 0 Å². The first-order valence-electron chi connectivity index (χ1n) is 10.7. The second-order valence-electron chi connectivity index (χ2n) is 8.31. The van der Waals surface area contributed by atoms with Gasteiger partial charge in [0.1, 0.15) is 11.2 Å². The largest absolute Gasteiger partial charge is 0.456 e. The molecular weight excluding hydrogens is 412 g/mol. The molecule has 0 atom stereocenters. The predicted molar refractivity (Wildman–Crippen MR) is 137 cm³/mol. The van der Waals surface area contributed by atoms with Crippen LogP contribution in [0, 0.1) is 0 Å². The summed E-state index contributed by atoms with van der Waals surface area (Å²) in [6.45, 7) is 0. The molecule has 7 aromatic rings. The van der Waals surface area contributed by atoms with Crippen molar-refractivity contribution in [1.82, 2.24) is 0 Å². The molecule has 0 aliphatic heterocycles. The minimum Gasteiger partial charge on any atom is -0.456 e. The molecule has 32 heavy (non-hydrogen) atoms. The fourth-order valence-corrected chi connectivity index (χ4v) is 5.19. The van der Waals surface area contributed by atoms with E-state index in [2.05, 4.69) is 84.9 Å². The zero-order valence-corrected chi connectivity index (χ0v) is 17.9. The quantitative estimate of drug-likeness (QED) is 0.237. The number of fused-ring (bicyclic) bond motifs is 9. The summed E-state index contributed by atoms with van der Waals surface area (Å²) in [7, 11) is 0. The average Bonchev–Trinajstić information content (AvgIpc) is 3.22. The summed E-state index contributed by atoms with van der Waals surface area (Å²) in [6.07, 6.45) is 0. The van der Waals surface area contributed by atoms with E-state index in [0.717, 1.165) is 27.0 Å². The average molecular weight is 429 g/mol. The highest BCUT2D eigenvalue weighted by Gasteiger charge is 2.12. The van der Waals surface area contributed by atoms with E-state index in [-0.39, 0.29) is 0 Å². The number of furan rings is 1.